The van der Waals surface area contributed by atoms with Gasteiger partial charge in [-0.25, -0.2) is 8.98 Å². The summed E-state index contributed by atoms with van der Waals surface area (Å²) in [4.78, 5) is 172. The molecule has 0 fully saturated rings. The molecule has 650 valence electrons. The van der Waals surface area contributed by atoms with Crippen molar-refractivity contribution in [3.05, 3.63) is 157 Å². The van der Waals surface area contributed by atoms with Gasteiger partial charge in [0.2, 0.25) is 5.91 Å². The number of ether oxygens (including phenoxy) is 11. The minimum Gasteiger partial charge on any atom is -0.478 e. The fourth-order valence-corrected chi connectivity index (χ4v) is 11.9. The van der Waals surface area contributed by atoms with Gasteiger partial charge in [0, 0.05) is 171 Å². The Hall–Kier alpha value is -10.7. The van der Waals surface area contributed by atoms with E-state index >= 15 is 0 Å². The zero-order valence-corrected chi connectivity index (χ0v) is 70.4. The van der Waals surface area contributed by atoms with Crippen molar-refractivity contribution in [3.63, 3.8) is 0 Å². The number of allylic oxidation sites excluding steroid dienone is 16. The zero-order chi connectivity index (χ0) is 88.4. The Labute approximate surface area is 686 Å². The molecule has 0 saturated carbocycles. The SMILES string of the molecule is CC(=O)NCCCC(CC(CC=CC(CC(CC(CC=CC(CC(CC=CC(CC(CC(=O)CC(CC=CC=CC=CC=CC=CC=CC(OC(C)=O)C(C)C(OC(C)=O)C(C)C=CCCC=CC=CC=C(C)C(=O)O)OS(=O)(=O)O)OC(C)=O)OC(C)=O)OC(C)=O)OC(C)=O)OC(C)=O)OC(C)=O)OC(C)=O)OC(C)=O)OC(C)=O. The van der Waals surface area contributed by atoms with Gasteiger partial charge < -0.3 is 62.5 Å². The van der Waals surface area contributed by atoms with Gasteiger partial charge in [-0.2, -0.15) is 8.42 Å². The summed E-state index contributed by atoms with van der Waals surface area (Å²) in [6.07, 6.45) is 29.3. The van der Waals surface area contributed by atoms with Crippen LogP contribution >= 0.6 is 0 Å². The molecule has 0 saturated heterocycles. The molecule has 0 aliphatic rings. The van der Waals surface area contributed by atoms with E-state index in [0.29, 0.717) is 32.2 Å². The molecule has 0 aromatic rings. The third-order valence-corrected chi connectivity index (χ3v) is 16.5. The Morgan fingerprint density at radius 2 is 0.718 bits per heavy atom. The fraction of sp³-hybridized carbons (Fsp3) is 0.529. The summed E-state index contributed by atoms with van der Waals surface area (Å²) < 4.78 is 99.6. The van der Waals surface area contributed by atoms with Crippen LogP contribution in [0.15, 0.2) is 157 Å². The molecule has 117 heavy (non-hydrogen) atoms. The quantitative estimate of drug-likeness (QED) is 0.00968. The summed E-state index contributed by atoms with van der Waals surface area (Å²) in [5.74, 6) is -10.1. The number of carboxylic acid groups (broad SMARTS) is 1. The highest BCUT2D eigenvalue weighted by Crippen LogP contribution is 2.27. The van der Waals surface area contributed by atoms with Crippen molar-refractivity contribution in [1.29, 1.82) is 0 Å². The second-order valence-corrected chi connectivity index (χ2v) is 28.2. The largest absolute Gasteiger partial charge is 0.478 e. The van der Waals surface area contributed by atoms with Crippen molar-refractivity contribution in [3.8, 4) is 0 Å². The second-order valence-electron chi connectivity index (χ2n) is 27.1. The summed E-state index contributed by atoms with van der Waals surface area (Å²) in [6.45, 7) is 19.8. The highest BCUT2D eigenvalue weighted by atomic mass is 32.3. The number of ketones is 1. The van der Waals surface area contributed by atoms with Crippen LogP contribution in [0.4, 0.5) is 0 Å². The molecule has 0 aliphatic carbocycles. The van der Waals surface area contributed by atoms with E-state index in [2.05, 4.69) is 5.32 Å². The lowest BCUT2D eigenvalue weighted by molar-refractivity contribution is -0.159. The van der Waals surface area contributed by atoms with Crippen molar-refractivity contribution < 1.29 is 141 Å². The van der Waals surface area contributed by atoms with Crippen molar-refractivity contribution >= 4 is 93.7 Å². The second kappa shape index (κ2) is 61.6. The number of unbranched alkanes of at least 4 members (excludes halogenated alkanes) is 1. The van der Waals surface area contributed by atoms with E-state index in [1.807, 2.05) is 38.2 Å². The number of hydrogen-bond donors (Lipinski definition) is 3. The standard InChI is InChI=1S/C85H119NO30S/c1-57(38-30-26-22-21-23-27-31-39-58(2)85(100)101)84(115-71(15)98)59(3)83(114-70(14)97)48-33-29-25-20-18-16-17-19-24-28-32-40-80(116-117(102,103)104)50-72(99)51-81(112-68(12)95)54-76(108-64(8)91)44-34-41-73(105-61(5)88)52-74(106-62(6)89)42-35-45-77(109-65(9)92)55-82(113-69(13)96)56-78(110-66(10)93)46-36-43-75(107-63(7)90)53-79(111-67(11)94)47-37-49-86-60(4)87/h16-21,23-25,27-36,38-39,42,44,46,48,57,59,73-84H,22,26,37,40-41,43,45,47,49-56H2,1-15H3,(H,86,87)(H,100,101)(H,102,103,104). The van der Waals surface area contributed by atoms with E-state index in [4.69, 9.17) is 61.4 Å². The Balaban J connectivity index is 6.41. The number of carbonyl (C=O) groups excluding carboxylic acids is 13. The van der Waals surface area contributed by atoms with Crippen LogP contribution < -0.4 is 5.32 Å². The molecule has 0 spiro atoms. The maximum atomic E-state index is 13.6. The number of hydrogen-bond acceptors (Lipinski definition) is 28. The van der Waals surface area contributed by atoms with E-state index in [0.717, 1.165) is 48.5 Å². The number of rotatable bonds is 58. The predicted molar refractivity (Wildman–Crippen MR) is 430 cm³/mol. The van der Waals surface area contributed by atoms with Crippen LogP contribution in [0.1, 0.15) is 200 Å². The molecule has 0 aliphatic heterocycles. The van der Waals surface area contributed by atoms with Crippen LogP contribution in [-0.2, 0) is 134 Å². The first-order valence-corrected chi connectivity index (χ1v) is 39.6. The summed E-state index contributed by atoms with van der Waals surface area (Å²) in [7, 11) is -5.09. The van der Waals surface area contributed by atoms with Gasteiger partial charge in [-0.3, -0.25) is 66.9 Å². The number of esters is 11. The normalized spacial score (nSPS) is 16.0. The van der Waals surface area contributed by atoms with Crippen LogP contribution in [0.5, 0.6) is 0 Å². The van der Waals surface area contributed by atoms with Crippen molar-refractivity contribution in [2.45, 2.75) is 273 Å². The number of aliphatic carboxylic acids is 1. The molecule has 32 heteroatoms. The van der Waals surface area contributed by atoms with Crippen LogP contribution in [0, 0.1) is 11.8 Å². The molecule has 0 aromatic carbocycles. The lowest BCUT2D eigenvalue weighted by Gasteiger charge is -2.31. The number of carboxylic acids is 1. The average molecular weight is 1670 g/mol. The summed E-state index contributed by atoms with van der Waals surface area (Å²) >= 11 is 0. The van der Waals surface area contributed by atoms with Crippen molar-refractivity contribution in [2.24, 2.45) is 11.8 Å². The van der Waals surface area contributed by atoms with Gasteiger partial charge in [0.15, 0.2) is 0 Å². The number of nitrogens with one attached hydrogen (secondary N) is 1. The molecule has 14 atom stereocenters. The van der Waals surface area contributed by atoms with Crippen molar-refractivity contribution in [2.75, 3.05) is 6.54 Å². The number of Topliss-reactive ketones (excluding diaryl/α,β-unsaturated/α-hetero) is 1. The lowest BCUT2D eigenvalue weighted by Crippen LogP contribution is -2.38. The van der Waals surface area contributed by atoms with Crippen LogP contribution in [0.2, 0.25) is 0 Å². The topological polar surface area (TPSA) is 436 Å². The first-order valence-electron chi connectivity index (χ1n) is 38.2. The molecule has 0 heterocycles. The maximum Gasteiger partial charge on any atom is 0.397 e. The molecule has 0 bridgehead atoms. The Morgan fingerprint density at radius 3 is 1.16 bits per heavy atom. The number of amides is 1. The van der Waals surface area contributed by atoms with Gasteiger partial charge in [-0.05, 0) is 63.3 Å². The Bertz CT molecular complexity index is 3730. The average Bonchev–Trinajstić information content (AvgIpc) is 0.853. The van der Waals surface area contributed by atoms with E-state index in [-0.39, 0.29) is 75.2 Å². The molecule has 31 nitrogen and oxygen atoms in total. The Kier molecular flexibility index (Phi) is 56.0. The minimum absolute atomic E-state index is 0.0604. The van der Waals surface area contributed by atoms with Gasteiger partial charge in [0.05, 0.1) is 6.10 Å². The van der Waals surface area contributed by atoms with Gasteiger partial charge >= 0.3 is 82.0 Å². The summed E-state index contributed by atoms with van der Waals surface area (Å²) in [5, 5.41) is 11.6. The van der Waals surface area contributed by atoms with Gasteiger partial charge in [-0.15, -0.1) is 0 Å². The zero-order valence-electron chi connectivity index (χ0n) is 69.6. The summed E-state index contributed by atoms with van der Waals surface area (Å²) in [6, 6.07) is 0. The molecular weight excluding hydrogens is 1550 g/mol. The molecule has 0 rings (SSSR count). The highest BCUT2D eigenvalue weighted by molar-refractivity contribution is 7.80. The first-order chi connectivity index (χ1) is 55.0. The smallest absolute Gasteiger partial charge is 0.397 e. The molecule has 14 unspecified atom stereocenters. The molecule has 0 aromatic heterocycles. The molecule has 1 amide bonds. The highest BCUT2D eigenvalue weighted by Gasteiger charge is 2.33. The third kappa shape index (κ3) is 61.4. The first kappa shape index (κ1) is 106. The predicted octanol–water partition coefficient (Wildman–Crippen LogP) is 12.0. The lowest BCUT2D eigenvalue weighted by atomic mass is 9.88. The van der Waals surface area contributed by atoms with Gasteiger partial charge in [0.1, 0.15) is 72.9 Å². The fourth-order valence-electron chi connectivity index (χ4n) is 11.4. The third-order valence-electron chi connectivity index (χ3n) is 16.0. The van der Waals surface area contributed by atoms with E-state index in [1.54, 1.807) is 79.0 Å². The maximum absolute atomic E-state index is 13.6. The molecule has 0 radical (unpaired) electrons. The minimum atomic E-state index is -5.09. The van der Waals surface area contributed by atoms with E-state index in [1.165, 1.54) is 90.2 Å². The summed E-state index contributed by atoms with van der Waals surface area (Å²) in [5.41, 5.74) is 0.218. The number of carbonyl (C=O) groups is 14. The van der Waals surface area contributed by atoms with Crippen LogP contribution in [-0.4, -0.2) is 181 Å². The molecular formula is C85H119NO30S. The van der Waals surface area contributed by atoms with Crippen LogP contribution in [0.3, 0.4) is 0 Å². The van der Waals surface area contributed by atoms with Crippen molar-refractivity contribution in [1.82, 2.24) is 5.32 Å². The Morgan fingerprint density at radius 1 is 0.359 bits per heavy atom. The van der Waals surface area contributed by atoms with Gasteiger partial charge in [-0.1, -0.05) is 141 Å². The van der Waals surface area contributed by atoms with Crippen LogP contribution in [0.25, 0.3) is 0 Å². The van der Waals surface area contributed by atoms with E-state index in [9.17, 15) is 80.1 Å². The monoisotopic (exact) mass is 1670 g/mol. The van der Waals surface area contributed by atoms with E-state index < -0.39 is 180 Å². The van der Waals surface area contributed by atoms with Gasteiger partial charge in [0.25, 0.3) is 0 Å². The molecule has 3 N–H and O–H groups in total.